The summed E-state index contributed by atoms with van der Waals surface area (Å²) in [6.07, 6.45) is 0. The maximum Gasteiger partial charge on any atom is 0.336 e. The summed E-state index contributed by atoms with van der Waals surface area (Å²) in [5, 5.41) is 17.4. The molecule has 28 heavy (non-hydrogen) atoms. The monoisotopic (exact) mass is 375 g/mol. The lowest BCUT2D eigenvalue weighted by atomic mass is 10.0. The van der Waals surface area contributed by atoms with Gasteiger partial charge in [-0.3, -0.25) is 5.10 Å². The Bertz CT molecular complexity index is 1150. The van der Waals surface area contributed by atoms with Gasteiger partial charge in [-0.25, -0.2) is 9.78 Å². The number of H-pyrrole nitrogens is 1. The zero-order chi connectivity index (χ0) is 19.7. The van der Waals surface area contributed by atoms with E-state index in [0.29, 0.717) is 33.9 Å². The number of rotatable bonds is 5. The summed E-state index contributed by atoms with van der Waals surface area (Å²) in [5.41, 5.74) is 3.18. The van der Waals surface area contributed by atoms with E-state index in [1.54, 1.807) is 32.4 Å². The summed E-state index contributed by atoms with van der Waals surface area (Å²) in [5.74, 6) is 0.383. The van der Waals surface area contributed by atoms with Gasteiger partial charge in [0.05, 0.1) is 36.6 Å². The molecule has 2 heterocycles. The number of carboxylic acid groups (broad SMARTS) is 1. The van der Waals surface area contributed by atoms with Gasteiger partial charge in [-0.2, -0.15) is 5.10 Å². The highest BCUT2D eigenvalue weighted by atomic mass is 16.5. The quantitative estimate of drug-likeness (QED) is 0.547. The molecule has 0 aliphatic carbocycles. The Morgan fingerprint density at radius 3 is 2.04 bits per heavy atom. The van der Waals surface area contributed by atoms with Gasteiger partial charge in [-0.1, -0.05) is 0 Å². The lowest BCUT2D eigenvalue weighted by Crippen LogP contribution is -2.00. The minimum absolute atomic E-state index is 0.135. The van der Waals surface area contributed by atoms with Gasteiger partial charge < -0.3 is 14.6 Å². The van der Waals surface area contributed by atoms with Gasteiger partial charge in [0.25, 0.3) is 0 Å². The first-order chi connectivity index (χ1) is 13.6. The molecule has 4 aromatic rings. The van der Waals surface area contributed by atoms with E-state index in [0.717, 1.165) is 11.1 Å². The van der Waals surface area contributed by atoms with Crippen LogP contribution in [0.4, 0.5) is 0 Å². The van der Waals surface area contributed by atoms with E-state index in [4.69, 9.17) is 9.47 Å². The molecule has 0 aliphatic rings. The minimum Gasteiger partial charge on any atom is -0.497 e. The predicted molar refractivity (Wildman–Crippen MR) is 105 cm³/mol. The van der Waals surface area contributed by atoms with E-state index in [9.17, 15) is 9.90 Å². The lowest BCUT2D eigenvalue weighted by molar-refractivity contribution is 0.0699. The van der Waals surface area contributed by atoms with E-state index in [1.165, 1.54) is 0 Å². The summed E-state index contributed by atoms with van der Waals surface area (Å²) in [6, 6.07) is 16.1. The van der Waals surface area contributed by atoms with Crippen LogP contribution in [-0.4, -0.2) is 40.5 Å². The molecule has 2 aromatic carbocycles. The second-order valence-electron chi connectivity index (χ2n) is 6.11. The Labute approximate surface area is 160 Å². The van der Waals surface area contributed by atoms with Crippen LogP contribution in [-0.2, 0) is 0 Å². The molecule has 0 radical (unpaired) electrons. The number of nitrogens with one attached hydrogen (secondary N) is 1. The number of aromatic nitrogens is 3. The summed E-state index contributed by atoms with van der Waals surface area (Å²) in [4.78, 5) is 16.5. The molecular weight excluding hydrogens is 358 g/mol. The van der Waals surface area contributed by atoms with Crippen molar-refractivity contribution in [2.45, 2.75) is 0 Å². The van der Waals surface area contributed by atoms with Gasteiger partial charge in [-0.05, 0) is 54.6 Å². The molecular formula is C21H17N3O4. The third-order valence-electron chi connectivity index (χ3n) is 4.52. The molecule has 0 saturated heterocycles. The van der Waals surface area contributed by atoms with Crippen molar-refractivity contribution in [1.82, 2.24) is 15.2 Å². The Balaban J connectivity index is 1.87. The molecule has 0 fully saturated rings. The standard InChI is InChI=1S/C21H17N3O4/c1-27-14-7-3-12(4-8-14)17-11-16(21(25)26)18-19(23-24-20(18)22-17)13-5-9-15(28-2)10-6-13/h3-11H,1-2H3,(H,25,26)(H,22,23,24). The maximum absolute atomic E-state index is 12.0. The maximum atomic E-state index is 12.0. The molecule has 7 nitrogen and oxygen atoms in total. The Morgan fingerprint density at radius 2 is 1.50 bits per heavy atom. The number of carboxylic acids is 1. The van der Waals surface area contributed by atoms with Gasteiger partial charge in [0.15, 0.2) is 5.65 Å². The van der Waals surface area contributed by atoms with E-state index < -0.39 is 5.97 Å². The van der Waals surface area contributed by atoms with Crippen LogP contribution in [0.25, 0.3) is 33.5 Å². The van der Waals surface area contributed by atoms with Crippen LogP contribution in [0.3, 0.4) is 0 Å². The van der Waals surface area contributed by atoms with E-state index in [-0.39, 0.29) is 5.56 Å². The number of pyridine rings is 1. The Kier molecular flexibility index (Phi) is 4.41. The lowest BCUT2D eigenvalue weighted by Gasteiger charge is -2.07. The largest absolute Gasteiger partial charge is 0.497 e. The molecule has 0 spiro atoms. The zero-order valence-electron chi connectivity index (χ0n) is 15.3. The zero-order valence-corrected chi connectivity index (χ0v) is 15.3. The number of aromatic amines is 1. The summed E-state index contributed by atoms with van der Waals surface area (Å²) < 4.78 is 10.3. The Morgan fingerprint density at radius 1 is 0.929 bits per heavy atom. The molecule has 0 unspecified atom stereocenters. The number of nitrogens with zero attached hydrogens (tertiary/aromatic N) is 2. The van der Waals surface area contributed by atoms with Gasteiger partial charge in [0.2, 0.25) is 0 Å². The van der Waals surface area contributed by atoms with Crippen molar-refractivity contribution in [3.05, 3.63) is 60.2 Å². The van der Waals surface area contributed by atoms with Crippen molar-refractivity contribution in [3.8, 4) is 34.0 Å². The fourth-order valence-electron chi connectivity index (χ4n) is 3.07. The molecule has 0 atom stereocenters. The first kappa shape index (κ1) is 17.5. The molecule has 4 rings (SSSR count). The fraction of sp³-hybridized carbons (Fsp3) is 0.0952. The van der Waals surface area contributed by atoms with E-state index >= 15 is 0 Å². The summed E-state index contributed by atoms with van der Waals surface area (Å²) >= 11 is 0. The normalized spacial score (nSPS) is 10.8. The number of carbonyl (C=O) groups is 1. The topological polar surface area (TPSA) is 97.3 Å². The van der Waals surface area contributed by atoms with E-state index in [2.05, 4.69) is 15.2 Å². The van der Waals surface area contributed by atoms with Gasteiger partial charge in [0, 0.05) is 11.1 Å². The number of methoxy groups -OCH3 is 2. The molecule has 2 N–H and O–H groups in total. The number of aromatic carboxylic acids is 1. The third kappa shape index (κ3) is 3.03. The second-order valence-corrected chi connectivity index (χ2v) is 6.11. The number of hydrogen-bond donors (Lipinski definition) is 2. The van der Waals surface area contributed by atoms with Crippen LogP contribution in [0.15, 0.2) is 54.6 Å². The smallest absolute Gasteiger partial charge is 0.336 e. The number of benzene rings is 2. The molecule has 0 bridgehead atoms. The fourth-order valence-corrected chi connectivity index (χ4v) is 3.07. The third-order valence-corrected chi connectivity index (χ3v) is 4.52. The van der Waals surface area contributed by atoms with Crippen molar-refractivity contribution in [2.24, 2.45) is 0 Å². The van der Waals surface area contributed by atoms with Crippen LogP contribution >= 0.6 is 0 Å². The average molecular weight is 375 g/mol. The summed E-state index contributed by atoms with van der Waals surface area (Å²) in [6.45, 7) is 0. The highest BCUT2D eigenvalue weighted by molar-refractivity contribution is 6.08. The second kappa shape index (κ2) is 7.03. The highest BCUT2D eigenvalue weighted by Crippen LogP contribution is 2.32. The SMILES string of the molecule is COc1ccc(-c2cc(C(=O)O)c3c(-c4ccc(OC)cc4)[nH]nc3n2)cc1. The van der Waals surface area contributed by atoms with Gasteiger partial charge >= 0.3 is 5.97 Å². The van der Waals surface area contributed by atoms with Crippen LogP contribution in [0, 0.1) is 0 Å². The number of fused-ring (bicyclic) bond motifs is 1. The first-order valence-corrected chi connectivity index (χ1v) is 8.52. The molecule has 0 amide bonds. The van der Waals surface area contributed by atoms with Crippen molar-refractivity contribution < 1.29 is 19.4 Å². The van der Waals surface area contributed by atoms with Gasteiger partial charge in [-0.15, -0.1) is 0 Å². The first-order valence-electron chi connectivity index (χ1n) is 8.52. The average Bonchev–Trinajstić information content (AvgIpc) is 3.17. The van der Waals surface area contributed by atoms with Crippen molar-refractivity contribution >= 4 is 17.0 Å². The van der Waals surface area contributed by atoms with Crippen LogP contribution in [0.2, 0.25) is 0 Å². The van der Waals surface area contributed by atoms with Crippen molar-refractivity contribution in [2.75, 3.05) is 14.2 Å². The van der Waals surface area contributed by atoms with Crippen LogP contribution in [0.1, 0.15) is 10.4 Å². The molecule has 2 aromatic heterocycles. The van der Waals surface area contributed by atoms with Gasteiger partial charge in [0.1, 0.15) is 11.5 Å². The van der Waals surface area contributed by atoms with Crippen molar-refractivity contribution in [3.63, 3.8) is 0 Å². The predicted octanol–water partition coefficient (Wildman–Crippen LogP) is 4.01. The molecule has 7 heteroatoms. The number of hydrogen-bond acceptors (Lipinski definition) is 5. The summed E-state index contributed by atoms with van der Waals surface area (Å²) in [7, 11) is 3.18. The van der Waals surface area contributed by atoms with Crippen LogP contribution in [0.5, 0.6) is 11.5 Å². The molecule has 0 saturated carbocycles. The van der Waals surface area contributed by atoms with E-state index in [1.807, 2.05) is 36.4 Å². The number of ether oxygens (including phenoxy) is 2. The molecule has 140 valence electrons. The highest BCUT2D eigenvalue weighted by Gasteiger charge is 2.19. The molecule has 0 aliphatic heterocycles. The van der Waals surface area contributed by atoms with Crippen molar-refractivity contribution in [1.29, 1.82) is 0 Å². The minimum atomic E-state index is -1.04. The Hall–Kier alpha value is -3.87. The van der Waals surface area contributed by atoms with Crippen LogP contribution < -0.4 is 9.47 Å².